The molecule has 1 atom stereocenters. The van der Waals surface area contributed by atoms with Gasteiger partial charge >= 0.3 is 0 Å². The van der Waals surface area contributed by atoms with E-state index in [0.717, 1.165) is 18.8 Å². The lowest BCUT2D eigenvalue weighted by molar-refractivity contribution is 0.363. The van der Waals surface area contributed by atoms with Gasteiger partial charge in [-0.2, -0.15) is 0 Å². The summed E-state index contributed by atoms with van der Waals surface area (Å²) in [6, 6.07) is 13.7. The topological polar surface area (TPSA) is 12.5 Å². The van der Waals surface area contributed by atoms with Crippen molar-refractivity contribution in [3.8, 4) is 5.75 Å². The summed E-state index contributed by atoms with van der Waals surface area (Å²) in [6.45, 7) is 15.9. The highest BCUT2D eigenvalue weighted by molar-refractivity contribution is 6.92. The molecule has 0 N–H and O–H groups in total. The summed E-state index contributed by atoms with van der Waals surface area (Å²) in [5.74, 6) is 1.07. The van der Waals surface area contributed by atoms with Gasteiger partial charge in [0.15, 0.2) is 0 Å². The quantitative estimate of drug-likeness (QED) is 0.369. The number of hydrogen-bond donors (Lipinski definition) is 0. The van der Waals surface area contributed by atoms with Crippen LogP contribution in [0.1, 0.15) is 40.6 Å². The van der Waals surface area contributed by atoms with Gasteiger partial charge in [-0.05, 0) is 54.1 Å². The molecular weight excluding hydrogens is 418 g/mol. The summed E-state index contributed by atoms with van der Waals surface area (Å²) in [7, 11) is -1.98. The predicted octanol–water partition coefficient (Wildman–Crippen LogP) is 6.42. The van der Waals surface area contributed by atoms with E-state index in [9.17, 15) is 0 Å². The van der Waals surface area contributed by atoms with E-state index >= 15 is 0 Å². The molecule has 0 spiro atoms. The monoisotopic (exact) mass is 453 g/mol. The van der Waals surface area contributed by atoms with Crippen LogP contribution in [-0.4, -0.2) is 32.7 Å². The molecule has 2 aliphatic carbocycles. The smallest absolute Gasteiger partial charge is 0.121 e. The maximum atomic E-state index is 6.27. The predicted molar refractivity (Wildman–Crippen MR) is 143 cm³/mol. The van der Waals surface area contributed by atoms with Gasteiger partial charge in [0.25, 0.3) is 0 Å². The molecule has 1 aliphatic heterocycles. The molecule has 2 aromatic rings. The maximum Gasteiger partial charge on any atom is 0.121 e. The lowest BCUT2D eigenvalue weighted by Crippen LogP contribution is -2.48. The Morgan fingerprint density at radius 3 is 2.76 bits per heavy atom. The van der Waals surface area contributed by atoms with Gasteiger partial charge in [0.05, 0.1) is 8.07 Å². The Morgan fingerprint density at radius 1 is 1.15 bits per heavy atom. The van der Waals surface area contributed by atoms with E-state index in [4.69, 9.17) is 4.74 Å². The van der Waals surface area contributed by atoms with Gasteiger partial charge in [-0.1, -0.05) is 85.9 Å². The molecular formula is C30H35NOSi. The van der Waals surface area contributed by atoms with Crippen LogP contribution in [-0.2, 0) is 0 Å². The van der Waals surface area contributed by atoms with Crippen LogP contribution in [0.2, 0.25) is 13.1 Å². The SMILES string of the molecule is C=CCOc1c(C)cc(C)cc1[Si](C)(C)C1C=C(N2CC3=C(CCC=C3)C2)c2ccccc21. The Kier molecular flexibility index (Phi) is 5.70. The van der Waals surface area contributed by atoms with Crippen molar-refractivity contribution in [2.45, 2.75) is 45.3 Å². The van der Waals surface area contributed by atoms with E-state index in [0.29, 0.717) is 12.1 Å². The average molecular weight is 454 g/mol. The van der Waals surface area contributed by atoms with Crippen LogP contribution in [0.25, 0.3) is 5.70 Å². The highest BCUT2D eigenvalue weighted by atomic mass is 28.3. The number of allylic oxidation sites excluding steroid dienone is 2. The number of rotatable bonds is 6. The van der Waals surface area contributed by atoms with Crippen LogP contribution in [0.3, 0.4) is 0 Å². The summed E-state index contributed by atoms with van der Waals surface area (Å²) >= 11 is 0. The molecule has 0 fully saturated rings. The van der Waals surface area contributed by atoms with Gasteiger partial charge in [0.2, 0.25) is 0 Å². The first-order valence-electron chi connectivity index (χ1n) is 12.2. The van der Waals surface area contributed by atoms with E-state index in [-0.39, 0.29) is 0 Å². The summed E-state index contributed by atoms with van der Waals surface area (Å²) in [5.41, 5.74) is 10.5. The van der Waals surface area contributed by atoms with Crippen LogP contribution >= 0.6 is 0 Å². The van der Waals surface area contributed by atoms with Crippen LogP contribution in [0.4, 0.5) is 0 Å². The van der Waals surface area contributed by atoms with Crippen molar-refractivity contribution in [1.82, 2.24) is 4.90 Å². The van der Waals surface area contributed by atoms with Crippen molar-refractivity contribution in [3.05, 3.63) is 101 Å². The van der Waals surface area contributed by atoms with E-state index in [1.54, 1.807) is 5.57 Å². The Bertz CT molecular complexity index is 1200. The summed E-state index contributed by atoms with van der Waals surface area (Å²) in [5, 5.41) is 1.42. The first-order valence-corrected chi connectivity index (χ1v) is 15.3. The molecule has 1 unspecified atom stereocenters. The molecule has 2 nitrogen and oxygen atoms in total. The second-order valence-electron chi connectivity index (χ2n) is 10.3. The molecule has 0 amide bonds. The molecule has 0 radical (unpaired) electrons. The van der Waals surface area contributed by atoms with E-state index in [2.05, 4.69) is 93.0 Å². The first kappa shape index (κ1) is 22.0. The molecule has 170 valence electrons. The molecule has 3 heteroatoms. The third kappa shape index (κ3) is 3.83. The van der Waals surface area contributed by atoms with Crippen molar-refractivity contribution in [1.29, 1.82) is 0 Å². The van der Waals surface area contributed by atoms with Gasteiger partial charge in [0.1, 0.15) is 12.4 Å². The van der Waals surface area contributed by atoms with Crippen LogP contribution in [0, 0.1) is 13.8 Å². The summed E-state index contributed by atoms with van der Waals surface area (Å²) in [6.07, 6.45) is 11.5. The number of ether oxygens (including phenoxy) is 1. The highest BCUT2D eigenvalue weighted by Gasteiger charge is 2.42. The van der Waals surface area contributed by atoms with Crippen molar-refractivity contribution in [2.75, 3.05) is 19.7 Å². The number of fused-ring (bicyclic) bond motifs is 1. The van der Waals surface area contributed by atoms with Gasteiger partial charge in [0, 0.05) is 29.9 Å². The highest BCUT2D eigenvalue weighted by Crippen LogP contribution is 2.45. The van der Waals surface area contributed by atoms with Gasteiger partial charge in [-0.25, -0.2) is 0 Å². The Hall–Kier alpha value is -2.78. The molecule has 5 rings (SSSR count). The second-order valence-corrected chi connectivity index (χ2v) is 14.9. The molecule has 3 aliphatic rings. The Morgan fingerprint density at radius 2 is 1.97 bits per heavy atom. The van der Waals surface area contributed by atoms with E-state index in [1.165, 1.54) is 51.6 Å². The van der Waals surface area contributed by atoms with Gasteiger partial charge < -0.3 is 9.64 Å². The molecule has 1 heterocycles. The zero-order valence-corrected chi connectivity index (χ0v) is 21.4. The van der Waals surface area contributed by atoms with E-state index in [1.807, 2.05) is 6.08 Å². The average Bonchev–Trinajstić information content (AvgIpc) is 3.40. The zero-order chi connectivity index (χ0) is 23.2. The lowest BCUT2D eigenvalue weighted by atomic mass is 10.0. The number of benzene rings is 2. The summed E-state index contributed by atoms with van der Waals surface area (Å²) in [4.78, 5) is 2.61. The molecule has 0 saturated heterocycles. The minimum atomic E-state index is -1.98. The molecule has 0 aromatic heterocycles. The Labute approximate surface area is 200 Å². The van der Waals surface area contributed by atoms with Crippen molar-refractivity contribution in [3.63, 3.8) is 0 Å². The van der Waals surface area contributed by atoms with Crippen LogP contribution < -0.4 is 9.92 Å². The van der Waals surface area contributed by atoms with E-state index < -0.39 is 8.07 Å². The minimum Gasteiger partial charge on any atom is -0.489 e. The van der Waals surface area contributed by atoms with Crippen LogP contribution in [0.15, 0.2) is 78.4 Å². The maximum absolute atomic E-state index is 6.27. The fourth-order valence-corrected chi connectivity index (χ4v) is 9.31. The fourth-order valence-electron chi connectivity index (χ4n) is 5.92. The van der Waals surface area contributed by atoms with Crippen molar-refractivity contribution >= 4 is 19.0 Å². The molecule has 33 heavy (non-hydrogen) atoms. The minimum absolute atomic E-state index is 0.421. The molecule has 2 aromatic carbocycles. The first-order chi connectivity index (χ1) is 15.9. The largest absolute Gasteiger partial charge is 0.489 e. The fraction of sp³-hybridized carbons (Fsp3) is 0.333. The third-order valence-electron chi connectivity index (χ3n) is 7.60. The summed E-state index contributed by atoms with van der Waals surface area (Å²) < 4.78 is 6.27. The number of aryl methyl sites for hydroxylation is 2. The third-order valence-corrected chi connectivity index (χ3v) is 11.4. The standard InChI is InChI=1S/C30H35NOSi/c1-6-15-32-30-22(3)16-21(2)17-29(30)33(4,5)28-18-27(25-13-9-10-14-26(25)28)31-19-23-11-7-8-12-24(23)20-31/h6-7,9-11,13-14,16-18,28H,1,8,12,15,19-20H2,2-5H3. The van der Waals surface area contributed by atoms with Crippen LogP contribution in [0.5, 0.6) is 5.75 Å². The Balaban J connectivity index is 1.56. The zero-order valence-electron chi connectivity index (χ0n) is 20.4. The number of hydrogen-bond acceptors (Lipinski definition) is 2. The molecule has 0 bridgehead atoms. The van der Waals surface area contributed by atoms with Crippen molar-refractivity contribution < 1.29 is 4.74 Å². The lowest BCUT2D eigenvalue weighted by Gasteiger charge is -2.32. The van der Waals surface area contributed by atoms with Gasteiger partial charge in [-0.15, -0.1) is 0 Å². The number of nitrogens with zero attached hydrogens (tertiary/aromatic N) is 1. The second kappa shape index (κ2) is 8.53. The van der Waals surface area contributed by atoms with Gasteiger partial charge in [-0.3, -0.25) is 0 Å². The normalized spacial score (nSPS) is 19.5. The van der Waals surface area contributed by atoms with Crippen molar-refractivity contribution in [2.24, 2.45) is 0 Å². The molecule has 0 saturated carbocycles.